The second kappa shape index (κ2) is 10.7. The second-order valence-electron chi connectivity index (χ2n) is 7.69. The van der Waals surface area contributed by atoms with Crippen molar-refractivity contribution >= 4 is 29.7 Å². The van der Waals surface area contributed by atoms with Gasteiger partial charge < -0.3 is 20.5 Å². The van der Waals surface area contributed by atoms with Crippen molar-refractivity contribution in [2.45, 2.75) is 17.5 Å². The largest absolute Gasteiger partial charge is 0.448 e. The zero-order chi connectivity index (χ0) is 24.1. The number of carbonyl (C=O) groups excluding carboxylic acids is 3. The van der Waals surface area contributed by atoms with Crippen molar-refractivity contribution in [1.29, 1.82) is 0 Å². The Kier molecular flexibility index (Phi) is 7.49. The number of ether oxygens (including phenoxy) is 2. The Balaban J connectivity index is 1.62. The number of benzene rings is 2. The number of rotatable bonds is 8. The van der Waals surface area contributed by atoms with Crippen LogP contribution in [0.2, 0.25) is 0 Å². The van der Waals surface area contributed by atoms with Crippen molar-refractivity contribution in [3.8, 4) is 0 Å². The van der Waals surface area contributed by atoms with Crippen LogP contribution in [0, 0.1) is 0 Å². The van der Waals surface area contributed by atoms with Gasteiger partial charge in [-0.05, 0) is 11.1 Å². The highest BCUT2D eigenvalue weighted by molar-refractivity contribution is 8.00. The Morgan fingerprint density at radius 3 is 2.32 bits per heavy atom. The van der Waals surface area contributed by atoms with Crippen LogP contribution in [0.25, 0.3) is 0 Å². The van der Waals surface area contributed by atoms with E-state index in [2.05, 4.69) is 5.32 Å². The van der Waals surface area contributed by atoms with Crippen LogP contribution in [-0.4, -0.2) is 59.9 Å². The Labute approximate surface area is 200 Å². The Morgan fingerprint density at radius 2 is 1.74 bits per heavy atom. The standard InChI is InChI=1S/C24H24FN3O5S/c25-11-12-27-24(31)32-13-17-14-34-22-18(26)21(29)28(22)19(17)23(30)33-20(15-7-3-1-4-8-15)16-9-5-2-6-10-16/h1-10,18,20,22H,11-14,26H2,(H,27,31)/t18-,22-/m1/s1. The Morgan fingerprint density at radius 1 is 1.12 bits per heavy atom. The van der Waals surface area contributed by atoms with Gasteiger partial charge in [-0.3, -0.25) is 9.69 Å². The zero-order valence-corrected chi connectivity index (χ0v) is 19.0. The van der Waals surface area contributed by atoms with Crippen LogP contribution in [-0.2, 0) is 19.1 Å². The third kappa shape index (κ3) is 4.92. The van der Waals surface area contributed by atoms with Crippen molar-refractivity contribution in [3.63, 3.8) is 0 Å². The van der Waals surface area contributed by atoms with Crippen LogP contribution >= 0.6 is 11.8 Å². The fraction of sp³-hybridized carbons (Fsp3) is 0.292. The maximum absolute atomic E-state index is 13.5. The Hall–Kier alpha value is -3.37. The molecule has 3 N–H and O–H groups in total. The Bertz CT molecular complexity index is 1040. The van der Waals surface area contributed by atoms with E-state index >= 15 is 0 Å². The van der Waals surface area contributed by atoms with Gasteiger partial charge in [0.1, 0.15) is 30.4 Å². The maximum Gasteiger partial charge on any atom is 0.407 e. The second-order valence-corrected chi connectivity index (χ2v) is 8.79. The first kappa shape index (κ1) is 23.8. The molecule has 0 bridgehead atoms. The normalized spacial score (nSPS) is 19.4. The minimum absolute atomic E-state index is 0.0330. The highest BCUT2D eigenvalue weighted by atomic mass is 32.2. The molecule has 0 unspecified atom stereocenters. The molecule has 2 aliphatic rings. The molecule has 34 heavy (non-hydrogen) atoms. The number of alkyl carbamates (subject to hydrolysis) is 1. The molecule has 1 fully saturated rings. The number of nitrogens with zero attached hydrogens (tertiary/aromatic N) is 1. The average molecular weight is 486 g/mol. The van der Waals surface area contributed by atoms with Crippen molar-refractivity contribution in [2.24, 2.45) is 5.73 Å². The molecule has 0 aliphatic carbocycles. The predicted octanol–water partition coefficient (Wildman–Crippen LogP) is 2.51. The summed E-state index contributed by atoms with van der Waals surface area (Å²) < 4.78 is 23.4. The van der Waals surface area contributed by atoms with Gasteiger partial charge in [-0.25, -0.2) is 14.0 Å². The number of alkyl halides is 1. The summed E-state index contributed by atoms with van der Waals surface area (Å²) in [7, 11) is 0. The van der Waals surface area contributed by atoms with E-state index in [0.29, 0.717) is 11.3 Å². The topological polar surface area (TPSA) is 111 Å². The van der Waals surface area contributed by atoms with Crippen LogP contribution < -0.4 is 11.1 Å². The molecule has 2 aromatic rings. The first-order valence-electron chi connectivity index (χ1n) is 10.7. The number of hydrogen-bond acceptors (Lipinski definition) is 7. The summed E-state index contributed by atoms with van der Waals surface area (Å²) in [5.74, 6) is -0.796. The lowest BCUT2D eigenvalue weighted by Crippen LogP contribution is -2.68. The number of nitrogens with two attached hydrogens (primary N) is 1. The molecule has 2 amide bonds. The molecule has 0 radical (unpaired) electrons. The summed E-state index contributed by atoms with van der Waals surface area (Å²) in [6.07, 6.45) is -1.53. The van der Waals surface area contributed by atoms with Crippen LogP contribution in [0.3, 0.4) is 0 Å². The highest BCUT2D eigenvalue weighted by Gasteiger charge is 2.52. The van der Waals surface area contributed by atoms with Crippen LogP contribution in [0.4, 0.5) is 9.18 Å². The van der Waals surface area contributed by atoms with E-state index < -0.39 is 42.2 Å². The first-order chi connectivity index (χ1) is 16.5. The molecule has 0 saturated carbocycles. The molecule has 8 nitrogen and oxygen atoms in total. The number of β-lactam (4-membered cyclic amide) rings is 1. The average Bonchev–Trinajstić information content (AvgIpc) is 2.89. The monoisotopic (exact) mass is 485 g/mol. The number of esters is 1. The molecule has 2 atom stereocenters. The van der Waals surface area contributed by atoms with E-state index in [-0.39, 0.29) is 18.8 Å². The molecule has 0 aromatic heterocycles. The summed E-state index contributed by atoms with van der Waals surface area (Å²) in [5.41, 5.74) is 7.91. The number of nitrogens with one attached hydrogen (secondary N) is 1. The van der Waals surface area contributed by atoms with Gasteiger partial charge in [-0.15, -0.1) is 11.8 Å². The first-order valence-corrected chi connectivity index (χ1v) is 11.8. The van der Waals surface area contributed by atoms with Crippen LogP contribution in [0.1, 0.15) is 17.2 Å². The molecule has 2 heterocycles. The maximum atomic E-state index is 13.5. The van der Waals surface area contributed by atoms with Crippen molar-refractivity contribution in [1.82, 2.24) is 10.2 Å². The number of fused-ring (bicyclic) bond motifs is 1. The molecule has 4 rings (SSSR count). The third-order valence-electron chi connectivity index (χ3n) is 5.45. The van der Waals surface area contributed by atoms with Gasteiger partial charge in [0.15, 0.2) is 6.10 Å². The van der Waals surface area contributed by atoms with E-state index in [1.807, 2.05) is 60.7 Å². The number of hydrogen-bond donors (Lipinski definition) is 2. The van der Waals surface area contributed by atoms with Gasteiger partial charge >= 0.3 is 12.1 Å². The quantitative estimate of drug-likeness (QED) is 0.437. The number of amides is 2. The summed E-state index contributed by atoms with van der Waals surface area (Å²) in [6, 6.07) is 17.8. The van der Waals surface area contributed by atoms with Crippen molar-refractivity contribution in [2.75, 3.05) is 25.6 Å². The van der Waals surface area contributed by atoms with Gasteiger partial charge in [0, 0.05) is 17.9 Å². The predicted molar refractivity (Wildman–Crippen MR) is 124 cm³/mol. The van der Waals surface area contributed by atoms with Gasteiger partial charge in [-0.1, -0.05) is 60.7 Å². The van der Waals surface area contributed by atoms with Crippen molar-refractivity contribution < 1.29 is 28.2 Å². The summed E-state index contributed by atoms with van der Waals surface area (Å²) in [4.78, 5) is 39.2. The van der Waals surface area contributed by atoms with E-state index in [1.165, 1.54) is 16.7 Å². The molecule has 10 heteroatoms. The van der Waals surface area contributed by atoms with Gasteiger partial charge in [-0.2, -0.15) is 0 Å². The van der Waals surface area contributed by atoms with E-state index in [4.69, 9.17) is 15.2 Å². The SMILES string of the molecule is N[C@@H]1C(=O)N2C(C(=O)OC(c3ccccc3)c3ccccc3)=C(COC(=O)NCCF)CS[C@H]12. The fourth-order valence-corrected chi connectivity index (χ4v) is 5.05. The van der Waals surface area contributed by atoms with E-state index in [9.17, 15) is 18.8 Å². The van der Waals surface area contributed by atoms with Gasteiger partial charge in [0.05, 0.1) is 0 Å². The van der Waals surface area contributed by atoms with Gasteiger partial charge in [0.2, 0.25) is 5.91 Å². The molecular weight excluding hydrogens is 461 g/mol. The van der Waals surface area contributed by atoms with E-state index in [0.717, 1.165) is 11.1 Å². The lowest BCUT2D eigenvalue weighted by Gasteiger charge is -2.48. The van der Waals surface area contributed by atoms with E-state index in [1.54, 1.807) is 0 Å². The smallest absolute Gasteiger partial charge is 0.407 e. The molecule has 1 saturated heterocycles. The third-order valence-corrected chi connectivity index (χ3v) is 6.81. The molecule has 0 spiro atoms. The van der Waals surface area contributed by atoms with Crippen LogP contribution in [0.5, 0.6) is 0 Å². The number of thioether (sulfide) groups is 1. The summed E-state index contributed by atoms with van der Waals surface area (Å²) in [6.45, 7) is -1.16. The summed E-state index contributed by atoms with van der Waals surface area (Å²) >= 11 is 1.38. The lowest BCUT2D eigenvalue weighted by atomic mass is 10.0. The van der Waals surface area contributed by atoms with Gasteiger partial charge in [0.25, 0.3) is 0 Å². The van der Waals surface area contributed by atoms with Crippen molar-refractivity contribution in [3.05, 3.63) is 83.1 Å². The molecule has 2 aromatic carbocycles. The van der Waals surface area contributed by atoms with Crippen LogP contribution in [0.15, 0.2) is 71.9 Å². The highest BCUT2D eigenvalue weighted by Crippen LogP contribution is 2.40. The summed E-state index contributed by atoms with van der Waals surface area (Å²) in [5, 5.41) is 1.86. The molecule has 178 valence electrons. The molecule has 2 aliphatic heterocycles. The zero-order valence-electron chi connectivity index (χ0n) is 18.2. The number of halogens is 1. The lowest BCUT2D eigenvalue weighted by molar-refractivity contribution is -0.153. The minimum atomic E-state index is -0.817. The minimum Gasteiger partial charge on any atom is -0.448 e. The molecular formula is C24H24FN3O5S. The fourth-order valence-electron chi connectivity index (χ4n) is 3.78. The number of carbonyl (C=O) groups is 3.